The van der Waals surface area contributed by atoms with Gasteiger partial charge >= 0.3 is 0 Å². The van der Waals surface area contributed by atoms with Crippen LogP contribution in [0.15, 0.2) is 119 Å². The molecule has 1 unspecified atom stereocenters. The van der Waals surface area contributed by atoms with Crippen LogP contribution in [-0.2, 0) is 20.8 Å². The van der Waals surface area contributed by atoms with Crippen molar-refractivity contribution in [2.24, 2.45) is 0 Å². The number of nitrogens with zero attached hydrogens (tertiary/aromatic N) is 5. The predicted octanol–water partition coefficient (Wildman–Crippen LogP) is 8.41. The molecule has 0 bridgehead atoms. The second kappa shape index (κ2) is 25.8. The highest BCUT2D eigenvalue weighted by Crippen LogP contribution is 2.44. The standard InChI is InChI=1S/C55H73FN10O5/c1-8-11-24-45(63(6)44(10-3)53(69)61-42-35-40(42)56)43(57-5)33-37(4)60-41-23-20-32-65(55(41)71)49-29-26-39(36-59-49)52(68)58-31-19-17-15-13-12-14-16-18-22-38-25-27-46-48(34-38)64(7)51(21-9-2)66(46)47-28-30-50(67)62-54(47)70/h10,20-21,23-27,29,32-34,36,40,42,47,57,60H,4,8-9,11-19,22,28,30-31,35H2,1-3,5-7H3,(H,58,68)(H,61,69)(H,62,67,70)/b43-33+,44-10-,45-24+,51-21+/t40-,42+,47?/m0/s1. The van der Waals surface area contributed by atoms with Gasteiger partial charge in [0.15, 0.2) is 0 Å². The number of aromatic nitrogens is 2. The molecule has 16 heteroatoms. The van der Waals surface area contributed by atoms with Gasteiger partial charge in [-0.15, -0.1) is 0 Å². The van der Waals surface area contributed by atoms with Crippen molar-refractivity contribution in [3.05, 3.63) is 136 Å². The van der Waals surface area contributed by atoms with E-state index in [2.05, 4.69) is 86.1 Å². The van der Waals surface area contributed by atoms with Crippen LogP contribution in [0.2, 0.25) is 0 Å². The second-order valence-corrected chi connectivity index (χ2v) is 18.4. The first-order valence-electron chi connectivity index (χ1n) is 25.4. The number of nitrogens with one attached hydrogen (secondary N) is 5. The summed E-state index contributed by atoms with van der Waals surface area (Å²) in [5.74, 6) is 0.327. The number of pyridine rings is 2. The van der Waals surface area contributed by atoms with E-state index in [0.717, 1.165) is 81.4 Å². The summed E-state index contributed by atoms with van der Waals surface area (Å²) in [4.78, 5) is 74.8. The van der Waals surface area contributed by atoms with E-state index < -0.39 is 18.3 Å². The number of amides is 4. The maximum absolute atomic E-state index is 13.7. The fourth-order valence-corrected chi connectivity index (χ4v) is 9.06. The molecular formula is C55H73FN10O5. The number of carbonyl (C=O) groups excluding carboxylic acids is 4. The summed E-state index contributed by atoms with van der Waals surface area (Å²) in [6.07, 6.45) is 23.1. The smallest absolute Gasteiger partial charge is 0.279 e. The van der Waals surface area contributed by atoms with Crippen LogP contribution < -0.4 is 41.9 Å². The Labute approximate surface area is 418 Å². The zero-order valence-electron chi connectivity index (χ0n) is 42.4. The van der Waals surface area contributed by atoms with Crippen LogP contribution in [0.5, 0.6) is 0 Å². The summed E-state index contributed by atoms with van der Waals surface area (Å²) in [6.45, 7) is 10.6. The van der Waals surface area contributed by atoms with Crippen LogP contribution in [0.4, 0.5) is 21.5 Å². The first-order valence-corrected chi connectivity index (χ1v) is 25.4. The van der Waals surface area contributed by atoms with Gasteiger partial charge in [0.25, 0.3) is 17.4 Å². The Balaban J connectivity index is 0.903. The highest BCUT2D eigenvalue weighted by atomic mass is 19.1. The molecule has 15 nitrogen and oxygen atoms in total. The van der Waals surface area contributed by atoms with Crippen molar-refractivity contribution in [1.29, 1.82) is 0 Å². The Morgan fingerprint density at radius 2 is 1.72 bits per heavy atom. The highest BCUT2D eigenvalue weighted by molar-refractivity contribution is 6.03. The molecule has 2 aliphatic heterocycles. The summed E-state index contributed by atoms with van der Waals surface area (Å²) in [5, 5.41) is 14.6. The van der Waals surface area contributed by atoms with Gasteiger partial charge in [-0.25, -0.2) is 9.37 Å². The lowest BCUT2D eigenvalue weighted by Gasteiger charge is -2.32. The molecular weight excluding hydrogens is 900 g/mol. The number of aryl methyl sites for hydroxylation is 1. The van der Waals surface area contributed by atoms with Crippen molar-refractivity contribution in [1.82, 2.24) is 35.7 Å². The number of benzene rings is 1. The molecule has 4 heterocycles. The minimum absolute atomic E-state index is 0.208. The molecule has 380 valence electrons. The molecule has 1 saturated heterocycles. The van der Waals surface area contributed by atoms with E-state index in [1.54, 1.807) is 68.5 Å². The number of fused-ring (bicyclic) bond motifs is 1. The number of allylic oxidation sites excluding steroid dienone is 4. The Kier molecular flexibility index (Phi) is 19.4. The van der Waals surface area contributed by atoms with E-state index in [0.29, 0.717) is 60.0 Å². The number of rotatable bonds is 26. The predicted molar refractivity (Wildman–Crippen MR) is 281 cm³/mol. The minimum Gasteiger partial charge on any atom is -0.386 e. The van der Waals surface area contributed by atoms with Crippen LogP contribution >= 0.6 is 0 Å². The van der Waals surface area contributed by atoms with E-state index >= 15 is 0 Å². The van der Waals surface area contributed by atoms with E-state index in [-0.39, 0.29) is 34.9 Å². The zero-order chi connectivity index (χ0) is 51.0. The Bertz CT molecular complexity index is 2580. The molecule has 2 fully saturated rings. The third kappa shape index (κ3) is 13.9. The second-order valence-electron chi connectivity index (χ2n) is 18.4. The van der Waals surface area contributed by atoms with E-state index in [9.17, 15) is 28.4 Å². The molecule has 2 aromatic heterocycles. The highest BCUT2D eigenvalue weighted by Gasteiger charge is 2.41. The monoisotopic (exact) mass is 973 g/mol. The maximum Gasteiger partial charge on any atom is 0.279 e. The summed E-state index contributed by atoms with van der Waals surface area (Å²) >= 11 is 0. The lowest BCUT2D eigenvalue weighted by Crippen LogP contribution is -2.52. The van der Waals surface area contributed by atoms with Crippen LogP contribution in [0, 0.1) is 0 Å². The van der Waals surface area contributed by atoms with E-state index in [4.69, 9.17) is 0 Å². The Hall–Kier alpha value is -6.97. The maximum atomic E-state index is 13.7. The van der Waals surface area contributed by atoms with Gasteiger partial charge in [-0.1, -0.05) is 83.6 Å². The third-order valence-corrected chi connectivity index (χ3v) is 13.1. The average molecular weight is 973 g/mol. The number of likely N-dealkylation sites (N-methyl/N-ethyl adjacent to an activating group) is 2. The quantitative estimate of drug-likeness (QED) is 0.0226. The molecule has 0 radical (unpaired) electrons. The van der Waals surface area contributed by atoms with Gasteiger partial charge < -0.3 is 36.0 Å². The zero-order valence-corrected chi connectivity index (χ0v) is 42.4. The Morgan fingerprint density at radius 3 is 2.37 bits per heavy atom. The number of alkyl halides is 1. The molecule has 3 aromatic rings. The molecule has 71 heavy (non-hydrogen) atoms. The first kappa shape index (κ1) is 53.4. The van der Waals surface area contributed by atoms with Gasteiger partial charge in [-0.2, -0.15) is 0 Å². The van der Waals surface area contributed by atoms with Gasteiger partial charge in [0.2, 0.25) is 11.8 Å². The van der Waals surface area contributed by atoms with Crippen molar-refractivity contribution < 1.29 is 23.6 Å². The van der Waals surface area contributed by atoms with E-state index in [1.807, 2.05) is 13.1 Å². The normalized spacial score (nSPS) is 18.5. The largest absolute Gasteiger partial charge is 0.386 e. The van der Waals surface area contributed by atoms with Gasteiger partial charge in [0.05, 0.1) is 34.4 Å². The lowest BCUT2D eigenvalue weighted by atomic mass is 10.0. The molecule has 1 aliphatic carbocycles. The van der Waals surface area contributed by atoms with Crippen molar-refractivity contribution in [2.75, 3.05) is 42.8 Å². The van der Waals surface area contributed by atoms with Crippen molar-refractivity contribution in [2.45, 2.75) is 135 Å². The number of halogens is 1. The van der Waals surface area contributed by atoms with Crippen molar-refractivity contribution >= 4 is 40.7 Å². The molecule has 3 atom stereocenters. The number of hydrogen-bond donors (Lipinski definition) is 5. The SMILES string of the molecule is C=C(/C=C(NC)\C(=C/CCC)N(C)/C(=C\C)C(=O)N[C@@H]1C[C@@H]1F)Nc1cccn(-c2ccc(C(=O)NCCCCCCCCCCc3ccc4c(c3)N(C)/C(=C\CC)N4C3CCC(=O)NC3=O)cn2)c1=O. The summed E-state index contributed by atoms with van der Waals surface area (Å²) in [6, 6.07) is 12.3. The number of imide groups is 1. The van der Waals surface area contributed by atoms with Gasteiger partial charge in [-0.05, 0) is 99.6 Å². The average Bonchev–Trinajstić information content (AvgIpc) is 3.99. The van der Waals surface area contributed by atoms with Crippen LogP contribution in [0.1, 0.15) is 127 Å². The fourth-order valence-electron chi connectivity index (χ4n) is 9.06. The molecule has 1 saturated carbocycles. The number of piperidine rings is 1. The van der Waals surface area contributed by atoms with E-state index in [1.165, 1.54) is 29.2 Å². The van der Waals surface area contributed by atoms with Crippen LogP contribution in [0.3, 0.4) is 0 Å². The number of carbonyl (C=O) groups is 4. The summed E-state index contributed by atoms with van der Waals surface area (Å²) in [5.41, 5.74) is 5.85. The summed E-state index contributed by atoms with van der Waals surface area (Å²) < 4.78 is 15.0. The number of hydrogen-bond acceptors (Lipinski definition) is 11. The Morgan fingerprint density at radius 1 is 0.986 bits per heavy atom. The van der Waals surface area contributed by atoms with Crippen LogP contribution in [0.25, 0.3) is 5.82 Å². The van der Waals surface area contributed by atoms with Gasteiger partial charge in [0.1, 0.15) is 35.2 Å². The molecule has 4 amide bonds. The minimum atomic E-state index is -1.02. The molecule has 6 rings (SSSR count). The molecule has 0 spiro atoms. The van der Waals surface area contributed by atoms with Crippen molar-refractivity contribution in [3.8, 4) is 5.82 Å². The van der Waals surface area contributed by atoms with Crippen LogP contribution in [-0.4, -0.2) is 84.0 Å². The number of anilines is 3. The lowest BCUT2D eigenvalue weighted by molar-refractivity contribution is -0.134. The van der Waals surface area contributed by atoms with Gasteiger partial charge in [0, 0.05) is 58.6 Å². The molecule has 1 aromatic carbocycles. The van der Waals surface area contributed by atoms with Gasteiger partial charge in [-0.3, -0.25) is 33.9 Å². The fraction of sp³-hybridized carbons (Fsp3) is 0.455. The number of unbranched alkanes of at least 4 members (excludes halogenated alkanes) is 8. The third-order valence-electron chi connectivity index (χ3n) is 13.1. The topological polar surface area (TPSA) is 173 Å². The molecule has 5 N–H and O–H groups in total. The van der Waals surface area contributed by atoms with Crippen molar-refractivity contribution in [3.63, 3.8) is 0 Å². The molecule has 3 aliphatic rings. The summed E-state index contributed by atoms with van der Waals surface area (Å²) in [7, 11) is 5.59. The first-order chi connectivity index (χ1) is 34.3.